The van der Waals surface area contributed by atoms with Gasteiger partial charge in [-0.05, 0) is 30.5 Å². The predicted molar refractivity (Wildman–Crippen MR) is 108 cm³/mol. The smallest absolute Gasteiger partial charge is 0.475 e. The van der Waals surface area contributed by atoms with Crippen LogP contribution in [0.5, 0.6) is 0 Å². The highest BCUT2D eigenvalue weighted by Gasteiger charge is 2.44. The molecule has 8 nitrogen and oxygen atoms in total. The van der Waals surface area contributed by atoms with Gasteiger partial charge in [-0.1, -0.05) is 12.1 Å². The van der Waals surface area contributed by atoms with Gasteiger partial charge in [-0.25, -0.2) is 14.2 Å². The summed E-state index contributed by atoms with van der Waals surface area (Å²) in [4.78, 5) is 27.9. The standard InChI is InChI=1S/C19H23FN4O2.C2HF3O2/c1-23-9-8-21-18(23)19(25)22-15-12-24(16-3-2-10-26-17(15)16)11-13-4-6-14(20)7-5-13;3-2(4,5)1(6)7/h4-9,15-17H,2-3,10-12H2,1H3,(H,22,25);(H,6,7)/t15-,16-,17-;/m1./s1. The Balaban J connectivity index is 0.000000383. The minimum absolute atomic E-state index is 0.0200. The van der Waals surface area contributed by atoms with Crippen molar-refractivity contribution in [2.24, 2.45) is 7.05 Å². The van der Waals surface area contributed by atoms with E-state index in [1.54, 1.807) is 24.0 Å². The highest BCUT2D eigenvalue weighted by Crippen LogP contribution is 2.30. The molecule has 2 aliphatic rings. The van der Waals surface area contributed by atoms with Crippen molar-refractivity contribution in [1.29, 1.82) is 0 Å². The zero-order valence-electron chi connectivity index (χ0n) is 17.8. The maximum absolute atomic E-state index is 13.2. The van der Waals surface area contributed by atoms with Crippen LogP contribution < -0.4 is 5.32 Å². The fourth-order valence-corrected chi connectivity index (χ4v) is 4.01. The number of ether oxygens (including phenoxy) is 1. The van der Waals surface area contributed by atoms with Gasteiger partial charge in [0.1, 0.15) is 5.82 Å². The number of carbonyl (C=O) groups is 2. The lowest BCUT2D eigenvalue weighted by Crippen LogP contribution is -2.48. The number of carbonyl (C=O) groups excluding carboxylic acids is 1. The zero-order valence-corrected chi connectivity index (χ0v) is 17.8. The number of imidazole rings is 1. The first kappa shape index (κ1) is 24.6. The van der Waals surface area contributed by atoms with Gasteiger partial charge in [-0.2, -0.15) is 13.2 Å². The average molecular weight is 472 g/mol. The summed E-state index contributed by atoms with van der Waals surface area (Å²) in [6.07, 6.45) is 0.324. The van der Waals surface area contributed by atoms with E-state index in [0.29, 0.717) is 12.4 Å². The summed E-state index contributed by atoms with van der Waals surface area (Å²) >= 11 is 0. The summed E-state index contributed by atoms with van der Waals surface area (Å²) in [5.74, 6) is -2.77. The van der Waals surface area contributed by atoms with Gasteiger partial charge in [0.25, 0.3) is 5.91 Å². The van der Waals surface area contributed by atoms with Crippen LogP contribution in [0, 0.1) is 5.82 Å². The largest absolute Gasteiger partial charge is 0.490 e. The molecule has 2 aliphatic heterocycles. The number of hydrogen-bond donors (Lipinski definition) is 2. The lowest BCUT2D eigenvalue weighted by Gasteiger charge is -2.32. The van der Waals surface area contributed by atoms with Crippen LogP contribution in [0.25, 0.3) is 0 Å². The van der Waals surface area contributed by atoms with Gasteiger partial charge < -0.3 is 19.7 Å². The molecule has 0 spiro atoms. The maximum Gasteiger partial charge on any atom is 0.490 e. The molecular weight excluding hydrogens is 448 g/mol. The second-order valence-electron chi connectivity index (χ2n) is 7.85. The van der Waals surface area contributed by atoms with E-state index >= 15 is 0 Å². The van der Waals surface area contributed by atoms with Gasteiger partial charge in [-0.15, -0.1) is 0 Å². The molecule has 2 fully saturated rings. The molecule has 2 aromatic rings. The van der Waals surface area contributed by atoms with Gasteiger partial charge in [0.15, 0.2) is 5.82 Å². The number of alkyl halides is 3. The minimum Gasteiger partial charge on any atom is -0.475 e. The summed E-state index contributed by atoms with van der Waals surface area (Å²) in [6.45, 7) is 2.16. The number of nitrogens with one attached hydrogen (secondary N) is 1. The number of halogens is 4. The summed E-state index contributed by atoms with van der Waals surface area (Å²) in [5.41, 5.74) is 1.06. The van der Waals surface area contributed by atoms with Crippen molar-refractivity contribution in [2.75, 3.05) is 13.2 Å². The highest BCUT2D eigenvalue weighted by atomic mass is 19.4. The van der Waals surface area contributed by atoms with Crippen LogP contribution in [0.3, 0.4) is 0 Å². The molecule has 3 heterocycles. The minimum atomic E-state index is -5.08. The number of fused-ring (bicyclic) bond motifs is 1. The number of nitrogens with zero attached hydrogens (tertiary/aromatic N) is 3. The number of carboxylic acids is 1. The number of aliphatic carboxylic acids is 1. The number of amides is 1. The first-order valence-corrected chi connectivity index (χ1v) is 10.2. The number of aromatic nitrogens is 2. The Morgan fingerprint density at radius 1 is 1.27 bits per heavy atom. The summed E-state index contributed by atoms with van der Waals surface area (Å²) in [6, 6.07) is 6.79. The molecule has 0 bridgehead atoms. The Morgan fingerprint density at radius 3 is 2.52 bits per heavy atom. The average Bonchev–Trinajstić information content (AvgIpc) is 3.33. The van der Waals surface area contributed by atoms with Crippen molar-refractivity contribution in [2.45, 2.75) is 43.8 Å². The van der Waals surface area contributed by atoms with Gasteiger partial charge in [0.2, 0.25) is 0 Å². The molecule has 0 unspecified atom stereocenters. The number of hydrogen-bond acceptors (Lipinski definition) is 5. The molecule has 4 rings (SSSR count). The molecule has 1 aromatic carbocycles. The van der Waals surface area contributed by atoms with Crippen molar-refractivity contribution >= 4 is 11.9 Å². The lowest BCUT2D eigenvalue weighted by molar-refractivity contribution is -0.192. The van der Waals surface area contributed by atoms with E-state index in [1.165, 1.54) is 12.1 Å². The Kier molecular flexibility index (Phi) is 7.69. The van der Waals surface area contributed by atoms with Gasteiger partial charge in [-0.3, -0.25) is 9.69 Å². The van der Waals surface area contributed by atoms with Crippen LogP contribution in [-0.2, 0) is 23.1 Å². The molecule has 0 aliphatic carbocycles. The molecule has 0 saturated carbocycles. The van der Waals surface area contributed by atoms with E-state index in [-0.39, 0.29) is 29.9 Å². The maximum atomic E-state index is 13.2. The van der Waals surface area contributed by atoms with E-state index in [2.05, 4.69) is 15.2 Å². The number of likely N-dealkylation sites (tertiary alicyclic amines) is 1. The van der Waals surface area contributed by atoms with Crippen LogP contribution >= 0.6 is 0 Å². The van der Waals surface area contributed by atoms with Crippen LogP contribution in [0.1, 0.15) is 29.0 Å². The van der Waals surface area contributed by atoms with E-state index in [0.717, 1.165) is 31.6 Å². The summed E-state index contributed by atoms with van der Waals surface area (Å²) in [7, 11) is 1.80. The number of aryl methyl sites for hydroxylation is 1. The van der Waals surface area contributed by atoms with Crippen molar-refractivity contribution < 1.29 is 37.0 Å². The molecule has 2 N–H and O–H groups in total. The van der Waals surface area contributed by atoms with Crippen LogP contribution in [0.15, 0.2) is 36.7 Å². The first-order valence-electron chi connectivity index (χ1n) is 10.2. The van der Waals surface area contributed by atoms with E-state index in [9.17, 15) is 22.4 Å². The van der Waals surface area contributed by atoms with Crippen LogP contribution in [0.4, 0.5) is 17.6 Å². The SMILES string of the molecule is Cn1ccnc1C(=O)N[C@@H]1CN(Cc2ccc(F)cc2)[C@@H]2CCCO[C@@H]21.O=C(O)C(F)(F)F. The topological polar surface area (TPSA) is 96.7 Å². The Hall–Kier alpha value is -2.99. The van der Waals surface area contributed by atoms with E-state index < -0.39 is 12.1 Å². The third-order valence-corrected chi connectivity index (χ3v) is 5.51. The van der Waals surface area contributed by atoms with E-state index in [1.807, 2.05) is 12.1 Å². The lowest BCUT2D eigenvalue weighted by atomic mass is 10.0. The predicted octanol–water partition coefficient (Wildman–Crippen LogP) is 2.35. The fourth-order valence-electron chi connectivity index (χ4n) is 4.01. The molecule has 33 heavy (non-hydrogen) atoms. The monoisotopic (exact) mass is 472 g/mol. The van der Waals surface area contributed by atoms with Gasteiger partial charge in [0, 0.05) is 45.2 Å². The Labute approximate surface area is 187 Å². The second kappa shape index (κ2) is 10.3. The molecular formula is C21H24F4N4O4. The third-order valence-electron chi connectivity index (χ3n) is 5.51. The molecule has 180 valence electrons. The number of benzene rings is 1. The normalized spacial score (nSPS) is 22.8. The zero-order chi connectivity index (χ0) is 24.2. The molecule has 3 atom stereocenters. The number of carboxylic acid groups (broad SMARTS) is 1. The quantitative estimate of drug-likeness (QED) is 0.664. The van der Waals surface area contributed by atoms with Crippen molar-refractivity contribution in [3.05, 3.63) is 53.9 Å². The van der Waals surface area contributed by atoms with Crippen LogP contribution in [-0.4, -0.2) is 68.9 Å². The van der Waals surface area contributed by atoms with E-state index in [4.69, 9.17) is 14.6 Å². The molecule has 0 radical (unpaired) electrons. The van der Waals surface area contributed by atoms with Crippen molar-refractivity contribution in [3.63, 3.8) is 0 Å². The molecule has 12 heteroatoms. The van der Waals surface area contributed by atoms with Crippen molar-refractivity contribution in [1.82, 2.24) is 19.8 Å². The molecule has 2 saturated heterocycles. The Bertz CT molecular complexity index is 964. The van der Waals surface area contributed by atoms with Crippen molar-refractivity contribution in [3.8, 4) is 0 Å². The van der Waals surface area contributed by atoms with Crippen LogP contribution in [0.2, 0.25) is 0 Å². The molecule has 1 aromatic heterocycles. The fraction of sp³-hybridized carbons (Fsp3) is 0.476. The number of rotatable bonds is 4. The third kappa shape index (κ3) is 6.29. The second-order valence-corrected chi connectivity index (χ2v) is 7.85. The van der Waals surface area contributed by atoms with Gasteiger partial charge in [0.05, 0.1) is 12.1 Å². The first-order chi connectivity index (χ1) is 15.6. The highest BCUT2D eigenvalue weighted by molar-refractivity contribution is 5.91. The summed E-state index contributed by atoms with van der Waals surface area (Å²) < 4.78 is 52.6. The molecule has 1 amide bonds. The van der Waals surface area contributed by atoms with Gasteiger partial charge >= 0.3 is 12.1 Å². The Morgan fingerprint density at radius 2 is 1.94 bits per heavy atom. The summed E-state index contributed by atoms with van der Waals surface area (Å²) in [5, 5.41) is 10.2.